The molecular formula is C25H28N8OS2. The van der Waals surface area contributed by atoms with Gasteiger partial charge in [0.05, 0.1) is 30.0 Å². The molecule has 2 aliphatic carbocycles. The lowest BCUT2D eigenvalue weighted by Crippen LogP contribution is -2.46. The van der Waals surface area contributed by atoms with Crippen LogP contribution in [0.4, 0.5) is 5.69 Å². The highest BCUT2D eigenvalue weighted by Crippen LogP contribution is 2.49. The molecular weight excluding hydrogens is 492 g/mol. The molecule has 3 aromatic rings. The van der Waals surface area contributed by atoms with Crippen molar-refractivity contribution < 1.29 is 4.74 Å². The fourth-order valence-corrected chi connectivity index (χ4v) is 6.98. The number of nitrogens with zero attached hydrogens (tertiary/aromatic N) is 7. The van der Waals surface area contributed by atoms with Gasteiger partial charge in [-0.15, -0.1) is 10.2 Å². The van der Waals surface area contributed by atoms with Gasteiger partial charge in [-0.2, -0.15) is 5.26 Å². The molecule has 11 heteroatoms. The van der Waals surface area contributed by atoms with Crippen molar-refractivity contribution >= 4 is 40.4 Å². The Kier molecular flexibility index (Phi) is 4.94. The number of anilines is 1. The van der Waals surface area contributed by atoms with Crippen LogP contribution in [0.2, 0.25) is 0 Å². The second-order valence-corrected chi connectivity index (χ2v) is 12.7. The van der Waals surface area contributed by atoms with E-state index < -0.39 is 5.41 Å². The molecule has 9 nitrogen and oxygen atoms in total. The number of imidazole rings is 1. The molecule has 0 amide bonds. The molecule has 2 saturated carbocycles. The van der Waals surface area contributed by atoms with E-state index in [0.29, 0.717) is 0 Å². The summed E-state index contributed by atoms with van der Waals surface area (Å²) in [5, 5.41) is 20.0. The van der Waals surface area contributed by atoms with E-state index in [-0.39, 0.29) is 11.1 Å². The van der Waals surface area contributed by atoms with Crippen LogP contribution in [0.5, 0.6) is 0 Å². The maximum absolute atomic E-state index is 9.60. The molecule has 0 radical (unpaired) electrons. The first-order valence-electron chi connectivity index (χ1n) is 12.6. The highest BCUT2D eigenvalue weighted by molar-refractivity contribution is 7.97. The topological polar surface area (TPSA) is 104 Å². The predicted octanol–water partition coefficient (Wildman–Crippen LogP) is 4.34. The molecule has 1 saturated heterocycles. The van der Waals surface area contributed by atoms with Crippen LogP contribution >= 0.6 is 23.3 Å². The Morgan fingerprint density at radius 2 is 1.97 bits per heavy atom. The molecule has 2 aliphatic heterocycles. The van der Waals surface area contributed by atoms with Gasteiger partial charge in [-0.1, -0.05) is 11.3 Å². The highest BCUT2D eigenvalue weighted by atomic mass is 32.2. The molecule has 0 aromatic carbocycles. The van der Waals surface area contributed by atoms with Gasteiger partial charge < -0.3 is 9.64 Å². The maximum atomic E-state index is 9.60. The molecule has 5 heterocycles. The molecule has 1 N–H and O–H groups in total. The Morgan fingerprint density at radius 3 is 2.64 bits per heavy atom. The van der Waals surface area contributed by atoms with Crippen LogP contribution in [0.3, 0.4) is 0 Å². The number of hydrogen-bond donors (Lipinski definition) is 1. The van der Waals surface area contributed by atoms with Gasteiger partial charge in [-0.25, -0.2) is 4.98 Å². The second-order valence-electron chi connectivity index (χ2n) is 10.9. The first-order chi connectivity index (χ1) is 17.4. The van der Waals surface area contributed by atoms with Crippen molar-refractivity contribution in [1.82, 2.24) is 24.3 Å². The van der Waals surface area contributed by atoms with E-state index in [1.165, 1.54) is 29.9 Å². The quantitative estimate of drug-likeness (QED) is 0.479. The summed E-state index contributed by atoms with van der Waals surface area (Å²) in [6.07, 6.45) is 10.1. The number of piperidine rings is 1. The number of fused-ring (bicyclic) bond motifs is 1. The van der Waals surface area contributed by atoms with Crippen LogP contribution in [0, 0.1) is 11.3 Å². The van der Waals surface area contributed by atoms with Gasteiger partial charge >= 0.3 is 0 Å². The summed E-state index contributed by atoms with van der Waals surface area (Å²) in [6.45, 7) is 6.80. The lowest BCUT2D eigenvalue weighted by Gasteiger charge is -2.39. The van der Waals surface area contributed by atoms with Crippen LogP contribution < -0.4 is 9.62 Å². The van der Waals surface area contributed by atoms with Crippen LogP contribution in [0.1, 0.15) is 57.4 Å². The van der Waals surface area contributed by atoms with E-state index in [9.17, 15) is 5.26 Å². The average molecular weight is 521 g/mol. The van der Waals surface area contributed by atoms with Gasteiger partial charge in [0.15, 0.2) is 16.7 Å². The number of ether oxygens (including phenoxy) is 1. The van der Waals surface area contributed by atoms with Gasteiger partial charge in [0.2, 0.25) is 0 Å². The summed E-state index contributed by atoms with van der Waals surface area (Å²) >= 11 is 3.18. The zero-order valence-electron chi connectivity index (χ0n) is 20.5. The second kappa shape index (κ2) is 7.91. The third kappa shape index (κ3) is 3.78. The first-order valence-corrected chi connectivity index (χ1v) is 14.2. The van der Waals surface area contributed by atoms with E-state index >= 15 is 0 Å². The number of aromatic nitrogens is 4. The third-order valence-electron chi connectivity index (χ3n) is 7.97. The van der Waals surface area contributed by atoms with Crippen molar-refractivity contribution in [3.05, 3.63) is 23.5 Å². The number of nitriles is 1. The minimum absolute atomic E-state index is 0.140. The zero-order valence-corrected chi connectivity index (χ0v) is 22.1. The van der Waals surface area contributed by atoms with Crippen molar-refractivity contribution in [1.29, 1.82) is 5.26 Å². The van der Waals surface area contributed by atoms with Gasteiger partial charge in [0.1, 0.15) is 16.0 Å². The molecule has 4 aliphatic rings. The molecule has 7 rings (SSSR count). The minimum atomic E-state index is -0.438. The Hall–Kier alpha value is -2.68. The number of rotatable bonds is 6. The third-order valence-corrected chi connectivity index (χ3v) is 10.1. The lowest BCUT2D eigenvalue weighted by molar-refractivity contribution is 0.0597. The van der Waals surface area contributed by atoms with E-state index in [1.807, 2.05) is 13.1 Å². The summed E-state index contributed by atoms with van der Waals surface area (Å²) in [5.41, 5.74) is 1.87. The average Bonchev–Trinajstić information content (AvgIpc) is 3.65. The SMILES string of the molecule is CC1=NCC2(CCN(c3cc(SNC4(C)CC4)cn4c(-c5nnc(C6(C#N)CC6)s5)ncc34)CC2)O1. The van der Waals surface area contributed by atoms with Crippen LogP contribution in [0.15, 0.2) is 28.3 Å². The largest absolute Gasteiger partial charge is 0.473 e. The number of hydrogen-bond acceptors (Lipinski definition) is 10. The number of pyridine rings is 1. The Labute approximate surface area is 218 Å². The molecule has 0 atom stereocenters. The van der Waals surface area contributed by atoms with Crippen molar-refractivity contribution in [3.63, 3.8) is 0 Å². The van der Waals surface area contributed by atoms with Crippen molar-refractivity contribution in [2.75, 3.05) is 24.5 Å². The Balaban J connectivity index is 1.23. The van der Waals surface area contributed by atoms with Gasteiger partial charge in [-0.05, 0) is 50.6 Å². The first kappa shape index (κ1) is 22.5. The van der Waals surface area contributed by atoms with Gasteiger partial charge in [0.25, 0.3) is 0 Å². The minimum Gasteiger partial charge on any atom is -0.473 e. The Morgan fingerprint density at radius 1 is 1.17 bits per heavy atom. The standard InChI is InChI=1S/C25H28N8OS2/c1-16-28-15-25(34-16)7-9-32(10-8-25)18-11-17(36-31-23(2)3-4-23)13-33-19(18)12-27-20(33)21-29-30-22(35-21)24(14-26)5-6-24/h11-13,31H,3-10,15H2,1-2H3. The molecule has 186 valence electrons. The van der Waals surface area contributed by atoms with E-state index in [0.717, 1.165) is 77.5 Å². The van der Waals surface area contributed by atoms with Crippen LogP contribution in [-0.2, 0) is 10.2 Å². The number of nitrogens with one attached hydrogen (secondary N) is 1. The molecule has 3 aromatic heterocycles. The fraction of sp³-hybridized carbons (Fsp3) is 0.560. The van der Waals surface area contributed by atoms with Crippen molar-refractivity contribution in [2.45, 2.75) is 73.8 Å². The zero-order chi connectivity index (χ0) is 24.5. The van der Waals surface area contributed by atoms with E-state index in [4.69, 9.17) is 9.72 Å². The van der Waals surface area contributed by atoms with E-state index in [2.05, 4.69) is 54.5 Å². The summed E-state index contributed by atoms with van der Waals surface area (Å²) in [6, 6.07) is 4.71. The normalized spacial score (nSPS) is 22.9. The fourth-order valence-electron chi connectivity index (χ4n) is 5.05. The van der Waals surface area contributed by atoms with Crippen molar-refractivity contribution in [3.8, 4) is 16.9 Å². The summed E-state index contributed by atoms with van der Waals surface area (Å²) < 4.78 is 11.9. The van der Waals surface area contributed by atoms with Crippen molar-refractivity contribution in [2.24, 2.45) is 4.99 Å². The summed E-state index contributed by atoms with van der Waals surface area (Å²) in [5.74, 6) is 1.59. The molecule has 36 heavy (non-hydrogen) atoms. The Bertz CT molecular complexity index is 1420. The molecule has 0 bridgehead atoms. The highest BCUT2D eigenvalue weighted by Gasteiger charge is 2.48. The molecule has 1 spiro atoms. The number of aliphatic imine (C=N–C) groups is 1. The monoisotopic (exact) mass is 520 g/mol. The van der Waals surface area contributed by atoms with Crippen LogP contribution in [0.25, 0.3) is 16.3 Å². The molecule has 0 unspecified atom stereocenters. The smallest absolute Gasteiger partial charge is 0.183 e. The lowest BCUT2D eigenvalue weighted by atomic mass is 9.91. The van der Waals surface area contributed by atoms with Gasteiger partial charge in [-0.3, -0.25) is 14.1 Å². The summed E-state index contributed by atoms with van der Waals surface area (Å²) in [4.78, 5) is 12.9. The maximum Gasteiger partial charge on any atom is 0.183 e. The van der Waals surface area contributed by atoms with E-state index in [1.54, 1.807) is 11.9 Å². The van der Waals surface area contributed by atoms with Gasteiger partial charge in [0, 0.05) is 49.5 Å². The summed E-state index contributed by atoms with van der Waals surface area (Å²) in [7, 11) is 0. The van der Waals surface area contributed by atoms with Crippen LogP contribution in [-0.4, -0.2) is 56.3 Å². The molecule has 3 fully saturated rings. The predicted molar refractivity (Wildman–Crippen MR) is 140 cm³/mol.